The molecule has 0 saturated heterocycles. The third kappa shape index (κ3) is 3.81. The first kappa shape index (κ1) is 20.1. The Bertz CT molecular complexity index is 1100. The van der Waals surface area contributed by atoms with Gasteiger partial charge in [0, 0.05) is 20.8 Å². The Labute approximate surface area is 181 Å². The second kappa shape index (κ2) is 8.29. The van der Waals surface area contributed by atoms with Crippen molar-refractivity contribution in [1.29, 1.82) is 0 Å². The molecule has 0 spiro atoms. The Morgan fingerprint density at radius 3 is 1.73 bits per heavy atom. The van der Waals surface area contributed by atoms with Crippen molar-refractivity contribution in [3.8, 4) is 11.5 Å². The molecule has 150 valence electrons. The molecule has 0 amide bonds. The molecule has 0 aliphatic rings. The molecule has 30 heavy (non-hydrogen) atoms. The molecular weight excluding hydrogens is 388 g/mol. The van der Waals surface area contributed by atoms with Crippen LogP contribution in [0.4, 0.5) is 0 Å². The molecule has 0 unspecified atom stereocenters. The minimum atomic E-state index is -0.511. The molecule has 2 N–H and O–H groups in total. The predicted octanol–water partition coefficient (Wildman–Crippen LogP) is 6.91. The van der Waals surface area contributed by atoms with Gasteiger partial charge in [-0.15, -0.1) is 0 Å². The van der Waals surface area contributed by atoms with Crippen LogP contribution in [-0.2, 0) is 5.41 Å². The lowest BCUT2D eigenvalue weighted by molar-refractivity contribution is 0.452. The van der Waals surface area contributed by atoms with Crippen molar-refractivity contribution >= 4 is 11.8 Å². The standard InChI is InChI=1S/C27H24O2S/c1-19-17-24(30-23-15-13-22(28)14-16-23)18-25(26(19)29)27(2,20-9-5-3-6-10-20)21-11-7-4-8-12-21/h3-18,28-29H,1-2H3. The fourth-order valence-corrected chi connectivity index (χ4v) is 4.81. The molecule has 0 saturated carbocycles. The largest absolute Gasteiger partial charge is 0.508 e. The van der Waals surface area contributed by atoms with Crippen molar-refractivity contribution in [3.63, 3.8) is 0 Å². The first-order chi connectivity index (χ1) is 14.5. The van der Waals surface area contributed by atoms with Gasteiger partial charge < -0.3 is 10.2 Å². The van der Waals surface area contributed by atoms with Gasteiger partial charge in [0.05, 0.1) is 0 Å². The van der Waals surface area contributed by atoms with Gasteiger partial charge >= 0.3 is 0 Å². The Kier molecular flexibility index (Phi) is 5.56. The van der Waals surface area contributed by atoms with E-state index < -0.39 is 5.41 Å². The molecule has 0 aromatic heterocycles. The van der Waals surface area contributed by atoms with Crippen molar-refractivity contribution < 1.29 is 10.2 Å². The molecule has 4 rings (SSSR count). The van der Waals surface area contributed by atoms with E-state index in [1.807, 2.05) is 61.5 Å². The Morgan fingerprint density at radius 2 is 1.20 bits per heavy atom. The fourth-order valence-electron chi connectivity index (χ4n) is 3.86. The zero-order chi connectivity index (χ0) is 21.1. The Balaban J connectivity index is 1.89. The van der Waals surface area contributed by atoms with Crippen LogP contribution in [0.2, 0.25) is 0 Å². The van der Waals surface area contributed by atoms with E-state index in [0.29, 0.717) is 5.75 Å². The number of hydrogen-bond donors (Lipinski definition) is 2. The fraction of sp³-hybridized carbons (Fsp3) is 0.111. The van der Waals surface area contributed by atoms with Gasteiger partial charge in [-0.2, -0.15) is 0 Å². The summed E-state index contributed by atoms with van der Waals surface area (Å²) in [6.07, 6.45) is 0. The molecule has 0 heterocycles. The third-order valence-corrected chi connectivity index (χ3v) is 6.57. The summed E-state index contributed by atoms with van der Waals surface area (Å²) >= 11 is 1.62. The molecule has 3 heteroatoms. The van der Waals surface area contributed by atoms with Gasteiger partial charge in [0.2, 0.25) is 0 Å². The summed E-state index contributed by atoms with van der Waals surface area (Å²) in [5.74, 6) is 0.572. The van der Waals surface area contributed by atoms with Gasteiger partial charge in [0.25, 0.3) is 0 Å². The van der Waals surface area contributed by atoms with E-state index in [2.05, 4.69) is 37.3 Å². The van der Waals surface area contributed by atoms with Crippen LogP contribution in [0.5, 0.6) is 11.5 Å². The summed E-state index contributed by atoms with van der Waals surface area (Å²) in [6.45, 7) is 4.11. The van der Waals surface area contributed by atoms with Gasteiger partial charge in [-0.25, -0.2) is 0 Å². The highest BCUT2D eigenvalue weighted by Crippen LogP contribution is 2.45. The molecule has 0 radical (unpaired) electrons. The Hall–Kier alpha value is -3.17. The smallest absolute Gasteiger partial charge is 0.122 e. The highest BCUT2D eigenvalue weighted by Gasteiger charge is 2.34. The maximum Gasteiger partial charge on any atom is 0.122 e. The third-order valence-electron chi connectivity index (χ3n) is 5.59. The second-order valence-corrected chi connectivity index (χ2v) is 8.74. The van der Waals surface area contributed by atoms with Crippen LogP contribution >= 0.6 is 11.8 Å². The van der Waals surface area contributed by atoms with Crippen molar-refractivity contribution in [2.45, 2.75) is 29.1 Å². The maximum absolute atomic E-state index is 11.1. The number of hydrogen-bond acceptors (Lipinski definition) is 3. The molecule has 0 atom stereocenters. The van der Waals surface area contributed by atoms with Gasteiger partial charge in [-0.1, -0.05) is 72.4 Å². The summed E-state index contributed by atoms with van der Waals surface area (Å²) in [5, 5.41) is 20.7. The SMILES string of the molecule is Cc1cc(Sc2ccc(O)cc2)cc(C(C)(c2ccccc2)c2ccccc2)c1O. The zero-order valence-corrected chi connectivity index (χ0v) is 17.9. The second-order valence-electron chi connectivity index (χ2n) is 7.59. The summed E-state index contributed by atoms with van der Waals surface area (Å²) < 4.78 is 0. The van der Waals surface area contributed by atoms with Crippen molar-refractivity contribution in [1.82, 2.24) is 0 Å². The summed E-state index contributed by atoms with van der Waals surface area (Å²) in [5.41, 5.74) is 3.45. The van der Waals surface area contributed by atoms with E-state index in [-0.39, 0.29) is 5.75 Å². The van der Waals surface area contributed by atoms with Crippen LogP contribution < -0.4 is 0 Å². The topological polar surface area (TPSA) is 40.5 Å². The van der Waals surface area contributed by atoms with Crippen LogP contribution in [0, 0.1) is 6.92 Å². The van der Waals surface area contributed by atoms with E-state index in [4.69, 9.17) is 0 Å². The highest BCUT2D eigenvalue weighted by atomic mass is 32.2. The van der Waals surface area contributed by atoms with E-state index in [0.717, 1.165) is 32.0 Å². The number of aryl methyl sites for hydroxylation is 1. The quantitative estimate of drug-likeness (QED) is 0.350. The summed E-state index contributed by atoms with van der Waals surface area (Å²) in [7, 11) is 0. The molecule has 0 aliphatic carbocycles. The van der Waals surface area contributed by atoms with E-state index in [9.17, 15) is 10.2 Å². The van der Waals surface area contributed by atoms with Crippen LogP contribution in [0.15, 0.2) is 107 Å². The van der Waals surface area contributed by atoms with Crippen LogP contribution in [0.1, 0.15) is 29.2 Å². The Morgan fingerprint density at radius 1 is 0.667 bits per heavy atom. The summed E-state index contributed by atoms with van der Waals surface area (Å²) in [6, 6.07) is 31.9. The molecule has 0 aliphatic heterocycles. The zero-order valence-electron chi connectivity index (χ0n) is 17.0. The highest BCUT2D eigenvalue weighted by molar-refractivity contribution is 7.99. The first-order valence-electron chi connectivity index (χ1n) is 9.90. The first-order valence-corrected chi connectivity index (χ1v) is 10.7. The van der Waals surface area contributed by atoms with Gasteiger partial charge in [0.1, 0.15) is 11.5 Å². The molecule has 0 bridgehead atoms. The molecule has 2 nitrogen and oxygen atoms in total. The lowest BCUT2D eigenvalue weighted by atomic mass is 9.70. The van der Waals surface area contributed by atoms with Crippen molar-refractivity contribution in [2.75, 3.05) is 0 Å². The maximum atomic E-state index is 11.1. The van der Waals surface area contributed by atoms with Crippen molar-refractivity contribution in [2.24, 2.45) is 0 Å². The minimum absolute atomic E-state index is 0.252. The number of phenolic OH excluding ortho intramolecular Hbond substituents is 2. The van der Waals surface area contributed by atoms with E-state index in [1.54, 1.807) is 23.9 Å². The monoisotopic (exact) mass is 412 g/mol. The van der Waals surface area contributed by atoms with Gasteiger partial charge in [-0.05, 0) is 66.9 Å². The van der Waals surface area contributed by atoms with Crippen LogP contribution in [0.3, 0.4) is 0 Å². The predicted molar refractivity (Wildman–Crippen MR) is 124 cm³/mol. The van der Waals surface area contributed by atoms with Gasteiger partial charge in [0.15, 0.2) is 0 Å². The normalized spacial score (nSPS) is 11.4. The van der Waals surface area contributed by atoms with Crippen LogP contribution in [-0.4, -0.2) is 10.2 Å². The lowest BCUT2D eigenvalue weighted by Crippen LogP contribution is -2.25. The number of aromatic hydroxyl groups is 2. The van der Waals surface area contributed by atoms with Crippen molar-refractivity contribution in [3.05, 3.63) is 119 Å². The average Bonchev–Trinajstić information content (AvgIpc) is 2.78. The van der Waals surface area contributed by atoms with E-state index in [1.165, 1.54) is 0 Å². The molecular formula is C27H24O2S. The number of benzene rings is 4. The lowest BCUT2D eigenvalue weighted by Gasteiger charge is -2.33. The minimum Gasteiger partial charge on any atom is -0.508 e. The molecule has 0 fully saturated rings. The number of phenols is 2. The summed E-state index contributed by atoms with van der Waals surface area (Å²) in [4.78, 5) is 2.08. The molecule has 4 aromatic carbocycles. The van der Waals surface area contributed by atoms with E-state index >= 15 is 0 Å². The number of rotatable bonds is 5. The van der Waals surface area contributed by atoms with Gasteiger partial charge in [-0.3, -0.25) is 0 Å². The van der Waals surface area contributed by atoms with Crippen LogP contribution in [0.25, 0.3) is 0 Å². The molecule has 4 aromatic rings. The average molecular weight is 413 g/mol.